The summed E-state index contributed by atoms with van der Waals surface area (Å²) in [5, 5.41) is 2.57. The lowest BCUT2D eigenvalue weighted by Gasteiger charge is -2.12. The van der Waals surface area contributed by atoms with Gasteiger partial charge in [-0.15, -0.1) is 0 Å². The minimum atomic E-state index is -3.77. The van der Waals surface area contributed by atoms with Gasteiger partial charge < -0.3 is 15.0 Å². The first kappa shape index (κ1) is 19.5. The van der Waals surface area contributed by atoms with Gasteiger partial charge in [0.2, 0.25) is 21.9 Å². The van der Waals surface area contributed by atoms with Crippen LogP contribution in [0.4, 0.5) is 11.6 Å². The lowest BCUT2D eigenvalue weighted by molar-refractivity contribution is -0.114. The van der Waals surface area contributed by atoms with Crippen LogP contribution in [0, 0.1) is 0 Å². The number of nitrogens with one attached hydrogen (secondary N) is 2. The lowest BCUT2D eigenvalue weighted by atomic mass is 10.3. The Balaban J connectivity index is 2.15. The van der Waals surface area contributed by atoms with E-state index in [9.17, 15) is 13.2 Å². The predicted octanol–water partition coefficient (Wildman–Crippen LogP) is 0.383. The standard InChI is InChI=1S/C15H20N6O4S/c1-10(22)17-11-5-7-12(8-6-11)26(23,24)16-9-13-18-14(21(2)3)20-15(19-13)25-4/h5-8,16H,9H2,1-4H3,(H,17,22). The maximum atomic E-state index is 12.4. The highest BCUT2D eigenvalue weighted by atomic mass is 32.2. The molecule has 140 valence electrons. The van der Waals surface area contributed by atoms with Crippen LogP contribution in [0.2, 0.25) is 0 Å². The topological polar surface area (TPSA) is 126 Å². The van der Waals surface area contributed by atoms with E-state index in [4.69, 9.17) is 4.74 Å². The molecule has 0 aliphatic rings. The third-order valence-electron chi connectivity index (χ3n) is 3.14. The number of amides is 1. The number of nitrogens with zero attached hydrogens (tertiary/aromatic N) is 4. The van der Waals surface area contributed by atoms with Crippen molar-refractivity contribution in [2.75, 3.05) is 31.4 Å². The average molecular weight is 380 g/mol. The minimum Gasteiger partial charge on any atom is -0.467 e. The van der Waals surface area contributed by atoms with Crippen LogP contribution in [0.3, 0.4) is 0 Å². The summed E-state index contributed by atoms with van der Waals surface area (Å²) in [4.78, 5) is 25.0. The van der Waals surface area contributed by atoms with Gasteiger partial charge in [-0.05, 0) is 24.3 Å². The van der Waals surface area contributed by atoms with Crippen LogP contribution in [0.5, 0.6) is 6.01 Å². The monoisotopic (exact) mass is 380 g/mol. The Morgan fingerprint density at radius 3 is 2.35 bits per heavy atom. The number of carbonyl (C=O) groups excluding carboxylic acids is 1. The molecule has 1 heterocycles. The van der Waals surface area contributed by atoms with E-state index in [1.807, 2.05) is 0 Å². The van der Waals surface area contributed by atoms with E-state index in [0.29, 0.717) is 11.6 Å². The molecule has 0 unspecified atom stereocenters. The zero-order valence-electron chi connectivity index (χ0n) is 14.8. The maximum Gasteiger partial charge on any atom is 0.321 e. The van der Waals surface area contributed by atoms with Crippen LogP contribution in [0.1, 0.15) is 12.7 Å². The first-order valence-electron chi connectivity index (χ1n) is 7.55. The molecule has 0 fully saturated rings. The van der Waals surface area contributed by atoms with Gasteiger partial charge in [0, 0.05) is 26.7 Å². The van der Waals surface area contributed by atoms with Crippen LogP contribution < -0.4 is 19.7 Å². The highest BCUT2D eigenvalue weighted by Crippen LogP contribution is 2.15. The quantitative estimate of drug-likeness (QED) is 0.706. The van der Waals surface area contributed by atoms with Crippen LogP contribution in [0.25, 0.3) is 0 Å². The van der Waals surface area contributed by atoms with Crippen molar-refractivity contribution in [3.8, 4) is 6.01 Å². The van der Waals surface area contributed by atoms with Gasteiger partial charge in [-0.25, -0.2) is 13.1 Å². The van der Waals surface area contributed by atoms with Crippen LogP contribution >= 0.6 is 0 Å². The first-order valence-corrected chi connectivity index (χ1v) is 9.03. The third kappa shape index (κ3) is 5.10. The van der Waals surface area contributed by atoms with E-state index in [0.717, 1.165) is 0 Å². The van der Waals surface area contributed by atoms with Crippen molar-refractivity contribution in [3.05, 3.63) is 30.1 Å². The summed E-state index contributed by atoms with van der Waals surface area (Å²) < 4.78 is 32.2. The molecule has 0 aliphatic carbocycles. The molecular formula is C15H20N6O4S. The van der Waals surface area contributed by atoms with Crippen molar-refractivity contribution in [2.24, 2.45) is 0 Å². The third-order valence-corrected chi connectivity index (χ3v) is 4.55. The summed E-state index contributed by atoms with van der Waals surface area (Å²) in [5.74, 6) is 0.337. The number of anilines is 2. The maximum absolute atomic E-state index is 12.4. The molecule has 0 saturated heterocycles. The average Bonchev–Trinajstić information content (AvgIpc) is 2.59. The Morgan fingerprint density at radius 1 is 1.15 bits per heavy atom. The SMILES string of the molecule is COc1nc(CNS(=O)(=O)c2ccc(NC(C)=O)cc2)nc(N(C)C)n1. The molecule has 0 radical (unpaired) electrons. The van der Waals surface area contributed by atoms with Crippen LogP contribution in [-0.4, -0.2) is 50.5 Å². The van der Waals surface area contributed by atoms with Crippen LogP contribution in [-0.2, 0) is 21.4 Å². The molecule has 0 atom stereocenters. The number of hydrogen-bond donors (Lipinski definition) is 2. The van der Waals surface area contributed by atoms with Crippen molar-refractivity contribution in [1.29, 1.82) is 0 Å². The highest BCUT2D eigenvalue weighted by molar-refractivity contribution is 7.89. The summed E-state index contributed by atoms with van der Waals surface area (Å²) in [7, 11) is 1.14. The van der Waals surface area contributed by atoms with Gasteiger partial charge in [-0.2, -0.15) is 15.0 Å². The number of rotatable bonds is 7. The Morgan fingerprint density at radius 2 is 1.81 bits per heavy atom. The fourth-order valence-electron chi connectivity index (χ4n) is 1.92. The van der Waals surface area contributed by atoms with Crippen LogP contribution in [0.15, 0.2) is 29.2 Å². The van der Waals surface area contributed by atoms with E-state index >= 15 is 0 Å². The van der Waals surface area contributed by atoms with E-state index in [-0.39, 0.29) is 29.2 Å². The number of methoxy groups -OCH3 is 1. The van der Waals surface area contributed by atoms with E-state index in [1.54, 1.807) is 19.0 Å². The number of sulfonamides is 1. The Hall–Kier alpha value is -2.79. The minimum absolute atomic E-state index is 0.0560. The first-order chi connectivity index (χ1) is 12.2. The molecule has 1 amide bonds. The molecule has 0 spiro atoms. The number of benzene rings is 1. The van der Waals surface area contributed by atoms with Gasteiger partial charge in [0.25, 0.3) is 0 Å². The second-order valence-electron chi connectivity index (χ2n) is 5.46. The number of hydrogen-bond acceptors (Lipinski definition) is 8. The largest absolute Gasteiger partial charge is 0.467 e. The van der Waals surface area contributed by atoms with Gasteiger partial charge in [0.15, 0.2) is 5.82 Å². The van der Waals surface area contributed by atoms with Crippen molar-refractivity contribution in [1.82, 2.24) is 19.7 Å². The van der Waals surface area contributed by atoms with Gasteiger partial charge >= 0.3 is 6.01 Å². The zero-order valence-corrected chi connectivity index (χ0v) is 15.7. The fourth-order valence-corrected chi connectivity index (χ4v) is 2.90. The normalized spacial score (nSPS) is 11.1. The molecule has 2 rings (SSSR count). The van der Waals surface area contributed by atoms with Gasteiger partial charge in [-0.1, -0.05) is 0 Å². The smallest absolute Gasteiger partial charge is 0.321 e. The lowest BCUT2D eigenvalue weighted by Crippen LogP contribution is -2.25. The van der Waals surface area contributed by atoms with Crippen molar-refractivity contribution in [2.45, 2.75) is 18.4 Å². The van der Waals surface area contributed by atoms with E-state index < -0.39 is 10.0 Å². The molecule has 1 aromatic carbocycles. The summed E-state index contributed by atoms with van der Waals surface area (Å²) >= 11 is 0. The summed E-state index contributed by atoms with van der Waals surface area (Å²) in [6.07, 6.45) is 0. The summed E-state index contributed by atoms with van der Waals surface area (Å²) in [6, 6.07) is 5.90. The molecule has 11 heteroatoms. The molecular weight excluding hydrogens is 360 g/mol. The molecule has 1 aromatic heterocycles. The molecule has 10 nitrogen and oxygen atoms in total. The molecule has 2 N–H and O–H groups in total. The Kier molecular flexibility index (Phi) is 6.05. The second kappa shape index (κ2) is 8.06. The summed E-state index contributed by atoms with van der Waals surface area (Å²) in [6.45, 7) is 1.24. The Bertz CT molecular complexity index is 884. The predicted molar refractivity (Wildman–Crippen MR) is 95.5 cm³/mol. The summed E-state index contributed by atoms with van der Waals surface area (Å²) in [5.41, 5.74) is 0.509. The highest BCUT2D eigenvalue weighted by Gasteiger charge is 2.16. The zero-order chi connectivity index (χ0) is 19.3. The van der Waals surface area contributed by atoms with Gasteiger partial charge in [0.05, 0.1) is 18.6 Å². The van der Waals surface area contributed by atoms with Crippen molar-refractivity contribution in [3.63, 3.8) is 0 Å². The molecule has 0 bridgehead atoms. The second-order valence-corrected chi connectivity index (χ2v) is 7.23. The molecule has 0 aliphatic heterocycles. The fraction of sp³-hybridized carbons (Fsp3) is 0.333. The van der Waals surface area contributed by atoms with Gasteiger partial charge in [0.1, 0.15) is 0 Å². The van der Waals surface area contributed by atoms with E-state index in [1.165, 1.54) is 38.3 Å². The molecule has 26 heavy (non-hydrogen) atoms. The number of ether oxygens (including phenoxy) is 1. The Labute approximate surface area is 151 Å². The van der Waals surface area contributed by atoms with E-state index in [2.05, 4.69) is 25.0 Å². The number of aromatic nitrogens is 3. The molecule has 0 saturated carbocycles. The number of carbonyl (C=O) groups is 1. The molecule has 2 aromatic rings. The van der Waals surface area contributed by atoms with Crippen molar-refractivity contribution >= 4 is 27.6 Å². The van der Waals surface area contributed by atoms with Gasteiger partial charge in [-0.3, -0.25) is 4.79 Å². The van der Waals surface area contributed by atoms with Crippen molar-refractivity contribution < 1.29 is 17.9 Å².